The van der Waals surface area contributed by atoms with Gasteiger partial charge in [-0.1, -0.05) is 24.2 Å². The van der Waals surface area contributed by atoms with E-state index in [-0.39, 0.29) is 0 Å². The van der Waals surface area contributed by atoms with E-state index in [0.717, 1.165) is 0 Å². The summed E-state index contributed by atoms with van der Waals surface area (Å²) < 4.78 is 27.6. The fraction of sp³-hybridized carbons (Fsp3) is 0.300. The van der Waals surface area contributed by atoms with Gasteiger partial charge in [-0.05, 0) is 19.1 Å². The van der Waals surface area contributed by atoms with Crippen molar-refractivity contribution in [3.8, 4) is 0 Å². The summed E-state index contributed by atoms with van der Waals surface area (Å²) in [5, 5.41) is 11.7. The van der Waals surface area contributed by atoms with Crippen LogP contribution in [0.3, 0.4) is 0 Å². The number of hydrogen-bond acceptors (Lipinski definition) is 4. The molecule has 0 saturated carbocycles. The Morgan fingerprint density at radius 1 is 1.47 bits per heavy atom. The van der Waals surface area contributed by atoms with Gasteiger partial charge in [0.05, 0.1) is 11.4 Å². The monoisotopic (exact) mass is 257 g/mol. The lowest BCUT2D eigenvalue weighted by molar-refractivity contribution is 0.319. The molecule has 94 valence electrons. The summed E-state index contributed by atoms with van der Waals surface area (Å²) in [7, 11) is -3.54. The van der Waals surface area contributed by atoms with Crippen molar-refractivity contribution in [1.29, 1.82) is 0 Å². The topological polar surface area (TPSA) is 90.8 Å². The number of oxime groups is 1. The van der Waals surface area contributed by atoms with Gasteiger partial charge in [-0.2, -0.15) is 13.1 Å². The molecule has 0 aliphatic heterocycles. The van der Waals surface area contributed by atoms with Crippen LogP contribution in [0.15, 0.2) is 29.4 Å². The van der Waals surface area contributed by atoms with Crippen LogP contribution in [0.25, 0.3) is 0 Å². The van der Waals surface area contributed by atoms with Crippen molar-refractivity contribution in [3.05, 3.63) is 29.8 Å². The van der Waals surface area contributed by atoms with Gasteiger partial charge >= 0.3 is 0 Å². The maximum absolute atomic E-state index is 11.4. The van der Waals surface area contributed by atoms with E-state index in [2.05, 4.69) is 14.6 Å². The molecule has 0 bridgehead atoms. The SMILES string of the molecule is CCNS(=O)(=O)Nc1cccc(/C(C)=N/O)c1. The van der Waals surface area contributed by atoms with Crippen LogP contribution < -0.4 is 9.44 Å². The predicted molar refractivity (Wildman–Crippen MR) is 66.7 cm³/mol. The zero-order valence-corrected chi connectivity index (χ0v) is 10.5. The molecule has 0 amide bonds. The molecule has 0 aliphatic carbocycles. The molecule has 7 heteroatoms. The molecule has 0 atom stereocenters. The maximum atomic E-state index is 11.4. The van der Waals surface area contributed by atoms with E-state index >= 15 is 0 Å². The molecule has 17 heavy (non-hydrogen) atoms. The number of hydrogen-bond donors (Lipinski definition) is 3. The Kier molecular flexibility index (Phi) is 4.47. The van der Waals surface area contributed by atoms with E-state index in [4.69, 9.17) is 5.21 Å². The Balaban J connectivity index is 2.94. The lowest BCUT2D eigenvalue weighted by Gasteiger charge is -2.08. The number of anilines is 1. The van der Waals surface area contributed by atoms with Gasteiger partial charge in [0.15, 0.2) is 0 Å². The largest absolute Gasteiger partial charge is 0.411 e. The summed E-state index contributed by atoms with van der Waals surface area (Å²) in [5.74, 6) is 0. The smallest absolute Gasteiger partial charge is 0.299 e. The highest BCUT2D eigenvalue weighted by molar-refractivity contribution is 7.90. The highest BCUT2D eigenvalue weighted by Crippen LogP contribution is 2.12. The molecule has 0 fully saturated rings. The second-order valence-electron chi connectivity index (χ2n) is 3.37. The highest BCUT2D eigenvalue weighted by Gasteiger charge is 2.08. The van der Waals surface area contributed by atoms with Gasteiger partial charge in [0.25, 0.3) is 10.2 Å². The van der Waals surface area contributed by atoms with Crippen LogP contribution in [-0.2, 0) is 10.2 Å². The zero-order valence-electron chi connectivity index (χ0n) is 9.64. The second kappa shape index (κ2) is 5.65. The third kappa shape index (κ3) is 4.04. The van der Waals surface area contributed by atoms with Crippen LogP contribution in [0.5, 0.6) is 0 Å². The summed E-state index contributed by atoms with van der Waals surface area (Å²) in [6.07, 6.45) is 0. The maximum Gasteiger partial charge on any atom is 0.299 e. The van der Waals surface area contributed by atoms with Gasteiger partial charge < -0.3 is 5.21 Å². The molecule has 1 aromatic rings. The van der Waals surface area contributed by atoms with Crippen LogP contribution >= 0.6 is 0 Å². The van der Waals surface area contributed by atoms with Gasteiger partial charge in [-0.3, -0.25) is 4.72 Å². The van der Waals surface area contributed by atoms with E-state index in [0.29, 0.717) is 23.5 Å². The zero-order chi connectivity index (χ0) is 12.9. The highest BCUT2D eigenvalue weighted by atomic mass is 32.2. The van der Waals surface area contributed by atoms with E-state index in [1.54, 1.807) is 38.1 Å². The van der Waals surface area contributed by atoms with Gasteiger partial charge in [-0.15, -0.1) is 0 Å². The Morgan fingerprint density at radius 3 is 2.76 bits per heavy atom. The summed E-state index contributed by atoms with van der Waals surface area (Å²) in [6.45, 7) is 3.63. The molecular weight excluding hydrogens is 242 g/mol. The van der Waals surface area contributed by atoms with Gasteiger partial charge in [0.2, 0.25) is 0 Å². The number of nitrogens with zero attached hydrogens (tertiary/aromatic N) is 1. The molecule has 6 nitrogen and oxygen atoms in total. The number of rotatable bonds is 5. The molecule has 1 aromatic carbocycles. The average molecular weight is 257 g/mol. The van der Waals surface area contributed by atoms with Crippen molar-refractivity contribution in [2.45, 2.75) is 13.8 Å². The molecule has 0 heterocycles. The predicted octanol–water partition coefficient (Wildman–Crippen LogP) is 1.15. The van der Waals surface area contributed by atoms with Crippen molar-refractivity contribution < 1.29 is 13.6 Å². The summed E-state index contributed by atoms with van der Waals surface area (Å²) in [6, 6.07) is 6.60. The Morgan fingerprint density at radius 2 is 2.18 bits per heavy atom. The minimum atomic E-state index is -3.54. The first-order valence-corrected chi connectivity index (χ1v) is 6.53. The average Bonchev–Trinajstić information content (AvgIpc) is 2.27. The van der Waals surface area contributed by atoms with E-state index in [9.17, 15) is 8.42 Å². The lowest BCUT2D eigenvalue weighted by atomic mass is 10.1. The number of benzene rings is 1. The first-order valence-electron chi connectivity index (χ1n) is 5.05. The van der Waals surface area contributed by atoms with Crippen molar-refractivity contribution in [2.75, 3.05) is 11.3 Å². The molecule has 3 N–H and O–H groups in total. The Labute approximate surface area is 101 Å². The van der Waals surface area contributed by atoms with Crippen LogP contribution in [0.4, 0.5) is 5.69 Å². The van der Waals surface area contributed by atoms with Crippen molar-refractivity contribution in [1.82, 2.24) is 4.72 Å². The quantitative estimate of drug-likeness (QED) is 0.420. The molecule has 0 saturated heterocycles. The van der Waals surface area contributed by atoms with E-state index in [1.807, 2.05) is 0 Å². The summed E-state index contributed by atoms with van der Waals surface area (Å²) in [4.78, 5) is 0. The molecule has 0 spiro atoms. The first kappa shape index (κ1) is 13.5. The summed E-state index contributed by atoms with van der Waals surface area (Å²) in [5.41, 5.74) is 1.46. The van der Waals surface area contributed by atoms with Gasteiger partial charge in [0.1, 0.15) is 0 Å². The minimum absolute atomic E-state index is 0.312. The van der Waals surface area contributed by atoms with Crippen LogP contribution in [0.2, 0.25) is 0 Å². The molecular formula is C10H15N3O3S. The first-order chi connectivity index (χ1) is 7.98. The second-order valence-corrected chi connectivity index (χ2v) is 4.87. The van der Waals surface area contributed by atoms with Crippen molar-refractivity contribution in [2.24, 2.45) is 5.16 Å². The molecule has 0 radical (unpaired) electrons. The fourth-order valence-corrected chi connectivity index (χ4v) is 2.14. The molecule has 0 aromatic heterocycles. The fourth-order valence-electron chi connectivity index (χ4n) is 1.25. The van der Waals surface area contributed by atoms with Gasteiger partial charge in [-0.25, -0.2) is 0 Å². The lowest BCUT2D eigenvalue weighted by Crippen LogP contribution is -2.29. The molecule has 0 unspecified atom stereocenters. The van der Waals surface area contributed by atoms with Crippen molar-refractivity contribution in [3.63, 3.8) is 0 Å². The van der Waals surface area contributed by atoms with Gasteiger partial charge in [0, 0.05) is 12.1 Å². The summed E-state index contributed by atoms with van der Waals surface area (Å²) >= 11 is 0. The third-order valence-corrected chi connectivity index (χ3v) is 3.19. The molecule has 0 aliphatic rings. The van der Waals surface area contributed by atoms with Crippen molar-refractivity contribution >= 4 is 21.6 Å². The molecule has 1 rings (SSSR count). The standard InChI is InChI=1S/C10H15N3O3S/c1-3-11-17(15,16)13-10-6-4-5-9(7-10)8(2)12-14/h4-7,11,13-14H,3H2,1-2H3/b12-8+. The normalized spacial score (nSPS) is 12.5. The van der Waals surface area contributed by atoms with E-state index < -0.39 is 10.2 Å². The van der Waals surface area contributed by atoms with Crippen LogP contribution in [0, 0.1) is 0 Å². The van der Waals surface area contributed by atoms with E-state index in [1.165, 1.54) is 0 Å². The number of nitrogens with one attached hydrogen (secondary N) is 2. The van der Waals surface area contributed by atoms with Crippen LogP contribution in [0.1, 0.15) is 19.4 Å². The van der Waals surface area contributed by atoms with Crippen LogP contribution in [-0.4, -0.2) is 25.9 Å². The Bertz CT molecular complexity index is 511. The minimum Gasteiger partial charge on any atom is -0.411 e. The Hall–Kier alpha value is -1.60. The third-order valence-electron chi connectivity index (χ3n) is 2.02.